The number of benzene rings is 1. The van der Waals surface area contributed by atoms with E-state index in [0.29, 0.717) is 41.4 Å². The maximum absolute atomic E-state index is 13.8. The van der Waals surface area contributed by atoms with Crippen LogP contribution in [0.15, 0.2) is 40.7 Å². The van der Waals surface area contributed by atoms with Crippen LogP contribution in [0, 0.1) is 0 Å². The van der Waals surface area contributed by atoms with E-state index in [1.54, 1.807) is 13.8 Å². The SMILES string of the molecule is CCCCCCCCCCCCCCCc1cccc(OC(C)C)c1C1C(C(=O)OCC)=C(C)NC(COCCN)=C1C(=O)OCC. The van der Waals surface area contributed by atoms with Crippen LogP contribution in [-0.2, 0) is 30.2 Å². The summed E-state index contributed by atoms with van der Waals surface area (Å²) >= 11 is 0. The van der Waals surface area contributed by atoms with Gasteiger partial charge in [0.05, 0.1) is 55.3 Å². The highest BCUT2D eigenvalue weighted by atomic mass is 16.5. The number of carbonyl (C=O) groups is 2. The van der Waals surface area contributed by atoms with Crippen molar-refractivity contribution >= 4 is 11.9 Å². The van der Waals surface area contributed by atoms with Crippen molar-refractivity contribution in [1.82, 2.24) is 5.32 Å². The second-order valence-corrected chi connectivity index (χ2v) is 12.8. The molecule has 1 atom stereocenters. The molecule has 3 N–H and O–H groups in total. The van der Waals surface area contributed by atoms with Crippen molar-refractivity contribution in [2.75, 3.05) is 33.0 Å². The summed E-state index contributed by atoms with van der Waals surface area (Å²) in [5.41, 5.74) is 9.44. The first-order valence-corrected chi connectivity index (χ1v) is 18.4. The molecule has 1 aliphatic heterocycles. The van der Waals surface area contributed by atoms with Crippen LogP contribution < -0.4 is 15.8 Å². The molecular formula is C39H64N2O6. The van der Waals surface area contributed by atoms with Gasteiger partial charge in [0.1, 0.15) is 5.75 Å². The summed E-state index contributed by atoms with van der Waals surface area (Å²) in [7, 11) is 0. The highest BCUT2D eigenvalue weighted by Gasteiger charge is 2.41. The topological polar surface area (TPSA) is 109 Å². The van der Waals surface area contributed by atoms with Gasteiger partial charge in [-0.1, -0.05) is 96.1 Å². The van der Waals surface area contributed by atoms with E-state index in [1.165, 1.54) is 70.6 Å². The fourth-order valence-electron chi connectivity index (χ4n) is 6.31. The average molecular weight is 657 g/mol. The fraction of sp³-hybridized carbons (Fsp3) is 0.692. The number of esters is 2. The standard InChI is InChI=1S/C39H64N2O6/c1-7-10-11-12-13-14-15-16-17-18-19-20-21-23-31-24-22-25-33(47-29(4)5)35(31)37-34(38(42)45-8-2)30(6)41-32(28-44-27-26-40)36(37)39(43)46-9-3/h22,24-25,29,37,41H,7-21,23,26-28,40H2,1-6H3. The largest absolute Gasteiger partial charge is 0.491 e. The maximum atomic E-state index is 13.8. The van der Waals surface area contributed by atoms with E-state index in [0.717, 1.165) is 30.4 Å². The van der Waals surface area contributed by atoms with Crippen LogP contribution in [0.3, 0.4) is 0 Å². The number of hydrogen-bond donors (Lipinski definition) is 2. The van der Waals surface area contributed by atoms with Gasteiger partial charge < -0.3 is 30.0 Å². The zero-order valence-electron chi connectivity index (χ0n) is 30.3. The molecule has 1 aromatic carbocycles. The molecule has 8 heteroatoms. The zero-order valence-corrected chi connectivity index (χ0v) is 30.3. The zero-order chi connectivity index (χ0) is 34.4. The third kappa shape index (κ3) is 13.7. The van der Waals surface area contributed by atoms with E-state index in [-0.39, 0.29) is 25.9 Å². The number of ether oxygens (including phenoxy) is 4. The number of hydrogen-bond acceptors (Lipinski definition) is 8. The van der Waals surface area contributed by atoms with Crippen molar-refractivity contribution < 1.29 is 28.5 Å². The van der Waals surface area contributed by atoms with Gasteiger partial charge in [-0.3, -0.25) is 0 Å². The maximum Gasteiger partial charge on any atom is 0.336 e. The summed E-state index contributed by atoms with van der Waals surface area (Å²) in [6.45, 7) is 12.8. The predicted molar refractivity (Wildman–Crippen MR) is 190 cm³/mol. The van der Waals surface area contributed by atoms with Crippen LogP contribution in [0.1, 0.15) is 142 Å². The lowest BCUT2D eigenvalue weighted by atomic mass is 9.77. The molecule has 0 aliphatic carbocycles. The first kappa shape index (κ1) is 40.3. The lowest BCUT2D eigenvalue weighted by Gasteiger charge is -2.33. The summed E-state index contributed by atoms with van der Waals surface area (Å²) in [5.74, 6) is -1.08. The summed E-state index contributed by atoms with van der Waals surface area (Å²) in [6.07, 6.45) is 17.4. The molecule has 0 saturated carbocycles. The Morgan fingerprint density at radius 1 is 0.809 bits per heavy atom. The molecule has 0 spiro atoms. The molecule has 0 saturated heterocycles. The Morgan fingerprint density at radius 2 is 1.36 bits per heavy atom. The van der Waals surface area contributed by atoms with Crippen molar-refractivity contribution in [3.05, 3.63) is 51.9 Å². The minimum absolute atomic E-state index is 0.111. The van der Waals surface area contributed by atoms with E-state index in [4.69, 9.17) is 24.7 Å². The second kappa shape index (κ2) is 23.5. The number of allylic oxidation sites excluding steroid dienone is 1. The number of nitrogens with two attached hydrogens (primary N) is 1. The molecule has 1 unspecified atom stereocenters. The highest BCUT2D eigenvalue weighted by molar-refractivity contribution is 6.00. The van der Waals surface area contributed by atoms with Gasteiger partial charge in [-0.15, -0.1) is 0 Å². The van der Waals surface area contributed by atoms with E-state index < -0.39 is 17.9 Å². The van der Waals surface area contributed by atoms with Crippen molar-refractivity contribution in [3.63, 3.8) is 0 Å². The van der Waals surface area contributed by atoms with E-state index in [1.807, 2.05) is 32.9 Å². The highest BCUT2D eigenvalue weighted by Crippen LogP contribution is 2.45. The molecular weight excluding hydrogens is 592 g/mol. The number of carbonyl (C=O) groups excluding carboxylic acids is 2. The second-order valence-electron chi connectivity index (χ2n) is 12.8. The van der Waals surface area contributed by atoms with Crippen molar-refractivity contribution in [3.8, 4) is 5.75 Å². The van der Waals surface area contributed by atoms with Gasteiger partial charge in [-0.25, -0.2) is 9.59 Å². The summed E-state index contributed by atoms with van der Waals surface area (Å²) in [5, 5.41) is 3.28. The number of unbranched alkanes of at least 4 members (excludes halogenated alkanes) is 12. The van der Waals surface area contributed by atoms with Gasteiger partial charge in [0.15, 0.2) is 0 Å². The van der Waals surface area contributed by atoms with Gasteiger partial charge in [0.25, 0.3) is 0 Å². The van der Waals surface area contributed by atoms with E-state index >= 15 is 0 Å². The van der Waals surface area contributed by atoms with Crippen LogP contribution in [0.5, 0.6) is 5.75 Å². The van der Waals surface area contributed by atoms with Gasteiger partial charge in [0.2, 0.25) is 0 Å². The molecule has 0 fully saturated rings. The quantitative estimate of drug-likeness (QED) is 0.0798. The van der Waals surface area contributed by atoms with Gasteiger partial charge in [-0.05, 0) is 59.1 Å². The van der Waals surface area contributed by atoms with Crippen LogP contribution in [0.25, 0.3) is 0 Å². The Morgan fingerprint density at radius 3 is 1.89 bits per heavy atom. The van der Waals surface area contributed by atoms with E-state index in [9.17, 15) is 9.59 Å². The number of aryl methyl sites for hydroxylation is 1. The molecule has 1 heterocycles. The minimum Gasteiger partial charge on any atom is -0.491 e. The van der Waals surface area contributed by atoms with Crippen LogP contribution in [0.4, 0.5) is 0 Å². The molecule has 0 radical (unpaired) electrons. The molecule has 47 heavy (non-hydrogen) atoms. The Bertz CT molecular complexity index is 1140. The smallest absolute Gasteiger partial charge is 0.336 e. The number of nitrogens with one attached hydrogen (secondary N) is 1. The normalized spacial score (nSPS) is 14.9. The molecule has 1 aromatic rings. The minimum atomic E-state index is -0.752. The van der Waals surface area contributed by atoms with Crippen LogP contribution in [-0.4, -0.2) is 51.0 Å². The lowest BCUT2D eigenvalue weighted by Crippen LogP contribution is -2.35. The first-order valence-electron chi connectivity index (χ1n) is 18.4. The molecule has 0 bridgehead atoms. The Labute approximate surface area is 285 Å². The van der Waals surface area contributed by atoms with Crippen molar-refractivity contribution in [2.45, 2.75) is 143 Å². The number of rotatable bonds is 25. The first-order chi connectivity index (χ1) is 22.8. The molecule has 8 nitrogen and oxygen atoms in total. The summed E-state index contributed by atoms with van der Waals surface area (Å²) in [4.78, 5) is 27.4. The van der Waals surface area contributed by atoms with Gasteiger partial charge in [-0.2, -0.15) is 0 Å². The average Bonchev–Trinajstić information content (AvgIpc) is 3.03. The van der Waals surface area contributed by atoms with E-state index in [2.05, 4.69) is 18.3 Å². The third-order valence-corrected chi connectivity index (χ3v) is 8.50. The molecule has 0 aromatic heterocycles. The fourth-order valence-corrected chi connectivity index (χ4v) is 6.31. The van der Waals surface area contributed by atoms with Gasteiger partial charge >= 0.3 is 11.9 Å². The molecule has 1 aliphatic rings. The monoisotopic (exact) mass is 656 g/mol. The molecule has 2 rings (SSSR count). The van der Waals surface area contributed by atoms with Crippen LogP contribution >= 0.6 is 0 Å². The van der Waals surface area contributed by atoms with Crippen LogP contribution in [0.2, 0.25) is 0 Å². The molecule has 266 valence electrons. The predicted octanol–water partition coefficient (Wildman–Crippen LogP) is 8.42. The summed E-state index contributed by atoms with van der Waals surface area (Å²) < 4.78 is 23.4. The van der Waals surface area contributed by atoms with Crippen molar-refractivity contribution in [1.29, 1.82) is 0 Å². The lowest BCUT2D eigenvalue weighted by molar-refractivity contribution is -0.139. The molecule has 0 amide bonds. The van der Waals surface area contributed by atoms with Gasteiger partial charge in [0, 0.05) is 17.8 Å². The third-order valence-electron chi connectivity index (χ3n) is 8.50. The Hall–Kier alpha value is -2.84. The number of dihydropyridines is 1. The Kier molecular flexibility index (Phi) is 20.2. The van der Waals surface area contributed by atoms with Crippen molar-refractivity contribution in [2.24, 2.45) is 5.73 Å². The summed E-state index contributed by atoms with van der Waals surface area (Å²) in [6, 6.07) is 6.02. The Balaban J connectivity index is 2.35.